The molecule has 8 rings (SSSR count). The molecule has 4 heteroatoms. The summed E-state index contributed by atoms with van der Waals surface area (Å²) in [5, 5.41) is 14.0. The lowest BCUT2D eigenvalue weighted by Gasteiger charge is -2.09. The number of rotatable bonds is 3. The lowest BCUT2D eigenvalue weighted by molar-refractivity contribution is 1.11. The minimum atomic E-state index is 0.846. The molecule has 0 bridgehead atoms. The average molecular weight is 504 g/mol. The summed E-state index contributed by atoms with van der Waals surface area (Å²) in [7, 11) is 0. The van der Waals surface area contributed by atoms with Gasteiger partial charge in [-0.2, -0.15) is 0 Å². The Morgan fingerprint density at radius 1 is 0.526 bits per heavy atom. The molecule has 38 heavy (non-hydrogen) atoms. The SMILES string of the molecule is c1cc(-c2cccc(-c3nnc4c5ccccc5ccn34)c2)cc(-c2cccc3c2sc2ccccc23)c1. The van der Waals surface area contributed by atoms with Crippen LogP contribution in [0.4, 0.5) is 0 Å². The van der Waals surface area contributed by atoms with E-state index >= 15 is 0 Å². The number of hydrogen-bond acceptors (Lipinski definition) is 3. The summed E-state index contributed by atoms with van der Waals surface area (Å²) in [5.74, 6) is 0.846. The number of nitrogens with zero attached hydrogens (tertiary/aromatic N) is 3. The van der Waals surface area contributed by atoms with Crippen molar-refractivity contribution in [3.05, 3.63) is 128 Å². The van der Waals surface area contributed by atoms with Gasteiger partial charge >= 0.3 is 0 Å². The van der Waals surface area contributed by atoms with E-state index < -0.39 is 0 Å². The maximum atomic E-state index is 4.58. The number of hydrogen-bond donors (Lipinski definition) is 0. The maximum Gasteiger partial charge on any atom is 0.168 e. The van der Waals surface area contributed by atoms with Gasteiger partial charge in [-0.25, -0.2) is 0 Å². The van der Waals surface area contributed by atoms with E-state index in [9.17, 15) is 0 Å². The van der Waals surface area contributed by atoms with Crippen molar-refractivity contribution in [2.45, 2.75) is 0 Å². The highest BCUT2D eigenvalue weighted by Gasteiger charge is 2.13. The van der Waals surface area contributed by atoms with Gasteiger partial charge in [0.15, 0.2) is 11.5 Å². The molecule has 3 aromatic heterocycles. The van der Waals surface area contributed by atoms with Gasteiger partial charge in [0, 0.05) is 37.3 Å². The maximum absolute atomic E-state index is 4.58. The second-order valence-corrected chi connectivity index (χ2v) is 10.6. The normalized spacial score (nSPS) is 11.7. The largest absolute Gasteiger partial charge is 0.282 e. The van der Waals surface area contributed by atoms with Crippen LogP contribution in [-0.2, 0) is 0 Å². The van der Waals surface area contributed by atoms with E-state index in [0.29, 0.717) is 0 Å². The van der Waals surface area contributed by atoms with E-state index in [-0.39, 0.29) is 0 Å². The van der Waals surface area contributed by atoms with Gasteiger partial charge in [0.2, 0.25) is 0 Å². The fourth-order valence-electron chi connectivity index (χ4n) is 5.49. The van der Waals surface area contributed by atoms with Gasteiger partial charge in [0.1, 0.15) is 0 Å². The summed E-state index contributed by atoms with van der Waals surface area (Å²) in [6.07, 6.45) is 2.06. The summed E-state index contributed by atoms with van der Waals surface area (Å²) in [5.41, 5.74) is 6.76. The van der Waals surface area contributed by atoms with E-state index in [1.807, 2.05) is 17.4 Å². The van der Waals surface area contributed by atoms with Crippen LogP contribution >= 0.6 is 11.3 Å². The Kier molecular flexibility index (Phi) is 4.69. The average Bonchev–Trinajstić information content (AvgIpc) is 3.59. The lowest BCUT2D eigenvalue weighted by atomic mass is 9.97. The molecule has 3 nitrogen and oxygen atoms in total. The van der Waals surface area contributed by atoms with Crippen LogP contribution < -0.4 is 0 Å². The van der Waals surface area contributed by atoms with Crippen LogP contribution in [0.1, 0.15) is 0 Å². The number of benzene rings is 5. The molecule has 0 saturated carbocycles. The molecule has 0 fully saturated rings. The van der Waals surface area contributed by atoms with E-state index in [4.69, 9.17) is 0 Å². The predicted molar refractivity (Wildman–Crippen MR) is 160 cm³/mol. The van der Waals surface area contributed by atoms with Gasteiger partial charge in [-0.15, -0.1) is 21.5 Å². The molecule has 5 aromatic carbocycles. The Labute approximate surface area is 223 Å². The molecule has 178 valence electrons. The molecule has 0 aliphatic carbocycles. The quantitative estimate of drug-likeness (QED) is 0.240. The van der Waals surface area contributed by atoms with Gasteiger partial charge in [-0.3, -0.25) is 4.40 Å². The van der Waals surface area contributed by atoms with E-state index in [2.05, 4.69) is 136 Å². The number of aromatic nitrogens is 3. The minimum absolute atomic E-state index is 0.846. The van der Waals surface area contributed by atoms with Crippen LogP contribution in [0.2, 0.25) is 0 Å². The van der Waals surface area contributed by atoms with Crippen molar-refractivity contribution in [3.8, 4) is 33.6 Å². The molecule has 0 unspecified atom stereocenters. The van der Waals surface area contributed by atoms with Crippen molar-refractivity contribution in [3.63, 3.8) is 0 Å². The van der Waals surface area contributed by atoms with E-state index in [0.717, 1.165) is 33.4 Å². The van der Waals surface area contributed by atoms with E-state index in [1.54, 1.807) is 0 Å². The van der Waals surface area contributed by atoms with Gasteiger partial charge in [0.25, 0.3) is 0 Å². The smallest absolute Gasteiger partial charge is 0.168 e. The Bertz CT molecular complexity index is 2150. The molecular formula is C34H21N3S. The number of pyridine rings is 1. The molecule has 0 atom stereocenters. The first-order valence-corrected chi connectivity index (χ1v) is 13.5. The summed E-state index contributed by atoms with van der Waals surface area (Å²) in [6.45, 7) is 0. The molecule has 3 heterocycles. The molecular weight excluding hydrogens is 482 g/mol. The minimum Gasteiger partial charge on any atom is -0.282 e. The fourth-order valence-corrected chi connectivity index (χ4v) is 6.73. The summed E-state index contributed by atoms with van der Waals surface area (Å²) < 4.78 is 4.74. The highest BCUT2D eigenvalue weighted by molar-refractivity contribution is 7.26. The lowest BCUT2D eigenvalue weighted by Crippen LogP contribution is -1.90. The standard InChI is InChI=1S/C34H21N3S/c1-2-13-28-22(8-1)18-19-37-33(35-36-34(28)37)26-12-6-10-24(21-26)23-9-5-11-25(20-23)27-15-7-16-30-29-14-3-4-17-31(29)38-32(27)30/h1-21H. The molecule has 0 radical (unpaired) electrons. The van der Waals surface area contributed by atoms with Crippen LogP contribution in [0.15, 0.2) is 128 Å². The van der Waals surface area contributed by atoms with Crippen molar-refractivity contribution < 1.29 is 0 Å². The van der Waals surface area contributed by atoms with Gasteiger partial charge < -0.3 is 0 Å². The molecule has 0 spiro atoms. The monoisotopic (exact) mass is 503 g/mol. The Morgan fingerprint density at radius 3 is 2.11 bits per heavy atom. The Balaban J connectivity index is 1.24. The number of fused-ring (bicyclic) bond motifs is 6. The first-order chi connectivity index (χ1) is 18.8. The van der Waals surface area contributed by atoms with Crippen molar-refractivity contribution in [1.29, 1.82) is 0 Å². The zero-order valence-corrected chi connectivity index (χ0v) is 21.2. The van der Waals surface area contributed by atoms with Crippen molar-refractivity contribution in [2.75, 3.05) is 0 Å². The zero-order valence-electron chi connectivity index (χ0n) is 20.4. The molecule has 0 N–H and O–H groups in total. The molecule has 0 aliphatic rings. The third-order valence-electron chi connectivity index (χ3n) is 7.33. The number of thiophene rings is 1. The van der Waals surface area contributed by atoms with Crippen molar-refractivity contribution in [1.82, 2.24) is 14.6 Å². The zero-order chi connectivity index (χ0) is 25.1. The molecule has 8 aromatic rings. The first-order valence-electron chi connectivity index (χ1n) is 12.7. The van der Waals surface area contributed by atoms with Crippen LogP contribution in [0.25, 0.3) is 70.2 Å². The van der Waals surface area contributed by atoms with E-state index in [1.165, 1.54) is 36.9 Å². The molecule has 0 saturated heterocycles. The van der Waals surface area contributed by atoms with Crippen LogP contribution in [0, 0.1) is 0 Å². The third-order valence-corrected chi connectivity index (χ3v) is 8.55. The second-order valence-electron chi connectivity index (χ2n) is 9.56. The van der Waals surface area contributed by atoms with Crippen LogP contribution in [0.3, 0.4) is 0 Å². The molecule has 0 aliphatic heterocycles. The van der Waals surface area contributed by atoms with Gasteiger partial charge in [-0.1, -0.05) is 97.1 Å². The van der Waals surface area contributed by atoms with Gasteiger partial charge in [0.05, 0.1) is 0 Å². The Hall–Kier alpha value is -4.80. The highest BCUT2D eigenvalue weighted by atomic mass is 32.1. The third kappa shape index (κ3) is 3.28. The highest BCUT2D eigenvalue weighted by Crippen LogP contribution is 2.40. The Morgan fingerprint density at radius 2 is 1.21 bits per heavy atom. The second kappa shape index (κ2) is 8.37. The predicted octanol–water partition coefficient (Wildman–Crippen LogP) is 9.25. The van der Waals surface area contributed by atoms with Crippen LogP contribution in [-0.4, -0.2) is 14.6 Å². The topological polar surface area (TPSA) is 30.2 Å². The van der Waals surface area contributed by atoms with Crippen LogP contribution in [0.5, 0.6) is 0 Å². The summed E-state index contributed by atoms with van der Waals surface area (Å²) in [6, 6.07) is 43.2. The van der Waals surface area contributed by atoms with Crippen molar-refractivity contribution >= 4 is 47.9 Å². The molecule has 0 amide bonds. The van der Waals surface area contributed by atoms with Gasteiger partial charge in [-0.05, 0) is 51.9 Å². The summed E-state index contributed by atoms with van der Waals surface area (Å²) in [4.78, 5) is 0. The fraction of sp³-hybridized carbons (Fsp3) is 0. The first kappa shape index (κ1) is 21.3. The van der Waals surface area contributed by atoms with Crippen molar-refractivity contribution in [2.24, 2.45) is 0 Å². The summed E-state index contributed by atoms with van der Waals surface area (Å²) >= 11 is 1.87.